The Hall–Kier alpha value is -2.69. The quantitative estimate of drug-likeness (QED) is 0.244. The largest absolute Gasteiger partial charge is 0.490 e. The molecule has 0 radical (unpaired) electrons. The lowest BCUT2D eigenvalue weighted by Crippen LogP contribution is -2.15. The van der Waals surface area contributed by atoms with Gasteiger partial charge in [0.2, 0.25) is 5.91 Å². The molecule has 174 valence electrons. The maximum atomic E-state index is 12.6. The number of hydrogen-bond acceptors (Lipinski definition) is 6. The molecule has 33 heavy (non-hydrogen) atoms. The summed E-state index contributed by atoms with van der Waals surface area (Å²) in [5, 5.41) is 13.2. The molecule has 7 heteroatoms. The summed E-state index contributed by atoms with van der Waals surface area (Å²) in [5.41, 5.74) is 3.47. The maximum Gasteiger partial charge on any atom is 0.249 e. The van der Waals surface area contributed by atoms with E-state index in [9.17, 15) is 10.1 Å². The second kappa shape index (κ2) is 12.0. The molecular formula is C26H30N2O3S2. The smallest absolute Gasteiger partial charge is 0.249 e. The average Bonchev–Trinajstić information content (AvgIpc) is 2.80. The van der Waals surface area contributed by atoms with Crippen molar-refractivity contribution < 1.29 is 14.3 Å². The van der Waals surface area contributed by atoms with Crippen molar-refractivity contribution in [1.82, 2.24) is 0 Å². The van der Waals surface area contributed by atoms with Crippen molar-refractivity contribution in [3.05, 3.63) is 50.4 Å². The second-order valence-electron chi connectivity index (χ2n) is 8.17. The standard InChI is InChI=1S/C26H30N2O3S2/c1-4-6-13-31-22-11-8-18(15-23(22)30-5-2)9-12-24(29)28-25-21(16-27)19-10-7-17(3)14-20(19)26(32)33-25/h8-9,11-12,15,17H,4-7,10,13-14H2,1-3H3,(H,28,29)/b12-9+. The van der Waals surface area contributed by atoms with E-state index < -0.39 is 0 Å². The van der Waals surface area contributed by atoms with Crippen LogP contribution in [0.4, 0.5) is 5.00 Å². The van der Waals surface area contributed by atoms with E-state index in [1.807, 2.05) is 25.1 Å². The van der Waals surface area contributed by atoms with Crippen LogP contribution in [0.1, 0.15) is 62.3 Å². The van der Waals surface area contributed by atoms with Crippen molar-refractivity contribution in [3.8, 4) is 17.6 Å². The summed E-state index contributed by atoms with van der Waals surface area (Å²) in [6.07, 6.45) is 7.96. The molecule has 5 nitrogen and oxygen atoms in total. The molecule has 1 aromatic heterocycles. The van der Waals surface area contributed by atoms with E-state index in [-0.39, 0.29) is 5.91 Å². The molecule has 0 saturated carbocycles. The summed E-state index contributed by atoms with van der Waals surface area (Å²) in [6, 6.07) is 7.90. The van der Waals surface area contributed by atoms with Crippen molar-refractivity contribution >= 4 is 40.5 Å². The molecule has 3 rings (SSSR count). The first-order valence-electron chi connectivity index (χ1n) is 11.4. The van der Waals surface area contributed by atoms with Gasteiger partial charge in [-0.25, -0.2) is 0 Å². The second-order valence-corrected chi connectivity index (χ2v) is 9.86. The van der Waals surface area contributed by atoms with Crippen molar-refractivity contribution in [2.45, 2.75) is 52.9 Å². The van der Waals surface area contributed by atoms with E-state index in [0.717, 1.165) is 52.6 Å². The number of carbonyl (C=O) groups is 1. The summed E-state index contributed by atoms with van der Waals surface area (Å²) >= 11 is 6.89. The minimum absolute atomic E-state index is 0.303. The predicted octanol–water partition coefficient (Wildman–Crippen LogP) is 6.70. The van der Waals surface area contributed by atoms with Gasteiger partial charge in [0.1, 0.15) is 11.1 Å². The fourth-order valence-corrected chi connectivity index (χ4v) is 5.21. The van der Waals surface area contributed by atoms with Gasteiger partial charge in [-0.05, 0) is 73.4 Å². The number of nitriles is 1. The number of hydrogen-bond donors (Lipinski definition) is 1. The Morgan fingerprint density at radius 1 is 1.30 bits per heavy atom. The molecule has 0 aliphatic heterocycles. The van der Waals surface area contributed by atoms with Crippen LogP contribution >= 0.6 is 23.6 Å². The SMILES string of the molecule is CCCCOc1ccc(/C=C/C(=O)Nc2sc(=S)c3c(c2C#N)CCC(C)C3)cc1OCC. The van der Waals surface area contributed by atoms with E-state index in [2.05, 4.69) is 25.2 Å². The van der Waals surface area contributed by atoms with Crippen LogP contribution in [0.3, 0.4) is 0 Å². The zero-order valence-corrected chi connectivity index (χ0v) is 21.0. The topological polar surface area (TPSA) is 71.3 Å². The van der Waals surface area contributed by atoms with Crippen molar-refractivity contribution in [3.63, 3.8) is 0 Å². The number of unbranched alkanes of at least 4 members (excludes halogenated alkanes) is 1. The van der Waals surface area contributed by atoms with Gasteiger partial charge in [-0.15, -0.1) is 11.3 Å². The molecule has 1 aliphatic rings. The van der Waals surface area contributed by atoms with Crippen molar-refractivity contribution in [1.29, 1.82) is 5.26 Å². The molecule has 1 N–H and O–H groups in total. The zero-order valence-electron chi connectivity index (χ0n) is 19.4. The highest BCUT2D eigenvalue weighted by atomic mass is 32.1. The van der Waals surface area contributed by atoms with Gasteiger partial charge in [0, 0.05) is 6.08 Å². The first-order chi connectivity index (χ1) is 16.0. The van der Waals surface area contributed by atoms with E-state index in [4.69, 9.17) is 21.7 Å². The molecule has 0 fully saturated rings. The Bertz CT molecular complexity index is 1130. The van der Waals surface area contributed by atoms with Crippen LogP contribution in [0.25, 0.3) is 6.08 Å². The van der Waals surface area contributed by atoms with Gasteiger partial charge in [-0.3, -0.25) is 4.79 Å². The highest BCUT2D eigenvalue weighted by Gasteiger charge is 2.23. The van der Waals surface area contributed by atoms with E-state index in [1.54, 1.807) is 6.08 Å². The molecule has 1 unspecified atom stereocenters. The van der Waals surface area contributed by atoms with Crippen LogP contribution in [0, 0.1) is 21.1 Å². The number of rotatable bonds is 9. The third-order valence-electron chi connectivity index (χ3n) is 5.57. The number of fused-ring (bicyclic) bond motifs is 1. The minimum atomic E-state index is -0.303. The van der Waals surface area contributed by atoms with E-state index in [1.165, 1.54) is 17.4 Å². The van der Waals surface area contributed by atoms with Crippen molar-refractivity contribution in [2.24, 2.45) is 5.92 Å². The van der Waals surface area contributed by atoms with Gasteiger partial charge in [0.15, 0.2) is 11.5 Å². The lowest BCUT2D eigenvalue weighted by molar-refractivity contribution is -0.111. The highest BCUT2D eigenvalue weighted by molar-refractivity contribution is 7.73. The molecule has 1 atom stereocenters. The monoisotopic (exact) mass is 482 g/mol. The summed E-state index contributed by atoms with van der Waals surface area (Å²) in [6.45, 7) is 7.41. The lowest BCUT2D eigenvalue weighted by atomic mass is 9.85. The summed E-state index contributed by atoms with van der Waals surface area (Å²) < 4.78 is 12.3. The predicted molar refractivity (Wildman–Crippen MR) is 137 cm³/mol. The van der Waals surface area contributed by atoms with Crippen LogP contribution in [0.15, 0.2) is 24.3 Å². The van der Waals surface area contributed by atoms with Crippen LogP contribution < -0.4 is 14.8 Å². The summed E-state index contributed by atoms with van der Waals surface area (Å²) in [4.78, 5) is 12.6. The number of anilines is 1. The average molecular weight is 483 g/mol. The molecule has 2 aromatic rings. The number of benzene rings is 1. The fraction of sp³-hybridized carbons (Fsp3) is 0.423. The molecule has 1 aromatic carbocycles. The lowest BCUT2D eigenvalue weighted by Gasteiger charge is -2.23. The number of amides is 1. The number of ether oxygens (including phenoxy) is 2. The zero-order chi connectivity index (χ0) is 23.8. The minimum Gasteiger partial charge on any atom is -0.490 e. The molecular weight excluding hydrogens is 452 g/mol. The van der Waals surface area contributed by atoms with Crippen LogP contribution in [0.2, 0.25) is 0 Å². The van der Waals surface area contributed by atoms with Crippen molar-refractivity contribution in [2.75, 3.05) is 18.5 Å². The molecule has 1 heterocycles. The fourth-order valence-electron chi connectivity index (χ4n) is 3.81. The van der Waals surface area contributed by atoms with Gasteiger partial charge in [0.05, 0.1) is 22.6 Å². The Morgan fingerprint density at radius 3 is 2.85 bits per heavy atom. The van der Waals surface area contributed by atoms with Gasteiger partial charge in [0.25, 0.3) is 0 Å². The normalized spacial score (nSPS) is 15.0. The summed E-state index contributed by atoms with van der Waals surface area (Å²) in [5.74, 6) is 1.62. The Balaban J connectivity index is 1.76. The third kappa shape index (κ3) is 6.43. The van der Waals surface area contributed by atoms with Crippen LogP contribution in [0.5, 0.6) is 11.5 Å². The molecule has 0 saturated heterocycles. The maximum absolute atomic E-state index is 12.6. The van der Waals surface area contributed by atoms with Crippen LogP contribution in [-0.4, -0.2) is 19.1 Å². The van der Waals surface area contributed by atoms with Gasteiger partial charge >= 0.3 is 0 Å². The van der Waals surface area contributed by atoms with Gasteiger partial charge in [-0.1, -0.05) is 38.6 Å². The summed E-state index contributed by atoms with van der Waals surface area (Å²) in [7, 11) is 0. The molecule has 0 spiro atoms. The molecule has 1 amide bonds. The molecule has 1 aliphatic carbocycles. The third-order valence-corrected chi connectivity index (χ3v) is 7.01. The molecule has 0 bridgehead atoms. The Kier molecular flexibility index (Phi) is 9.04. The first-order valence-corrected chi connectivity index (χ1v) is 12.7. The number of nitrogens with zero attached hydrogens (tertiary/aromatic N) is 1. The van der Waals surface area contributed by atoms with E-state index >= 15 is 0 Å². The van der Waals surface area contributed by atoms with Crippen LogP contribution in [-0.2, 0) is 17.6 Å². The number of nitrogens with one attached hydrogen (secondary N) is 1. The Labute approximate surface area is 205 Å². The highest BCUT2D eigenvalue weighted by Crippen LogP contribution is 2.36. The number of carbonyl (C=O) groups excluding carboxylic acids is 1. The van der Waals surface area contributed by atoms with Gasteiger partial charge in [-0.2, -0.15) is 5.26 Å². The first kappa shape index (κ1) is 24.9. The Morgan fingerprint density at radius 2 is 2.12 bits per heavy atom. The van der Waals surface area contributed by atoms with E-state index in [0.29, 0.717) is 41.2 Å². The van der Waals surface area contributed by atoms with Gasteiger partial charge < -0.3 is 14.8 Å².